The Balaban J connectivity index is 1.59. The number of fused-ring (bicyclic) bond motifs is 5. The van der Waals surface area contributed by atoms with Crippen molar-refractivity contribution in [1.29, 1.82) is 0 Å². The average molecular weight is 324 g/mol. The summed E-state index contributed by atoms with van der Waals surface area (Å²) in [6, 6.07) is 2.14. The maximum Gasteiger partial charge on any atom is 0.133 e. The summed E-state index contributed by atoms with van der Waals surface area (Å²) >= 11 is 0. The van der Waals surface area contributed by atoms with Gasteiger partial charge in [0.15, 0.2) is 0 Å². The van der Waals surface area contributed by atoms with Gasteiger partial charge in [0, 0.05) is 5.56 Å². The van der Waals surface area contributed by atoms with E-state index in [-0.39, 0.29) is 16.7 Å². The molecule has 1 aromatic rings. The molecule has 0 radical (unpaired) electrons. The highest BCUT2D eigenvalue weighted by Gasteiger charge is 2.65. The lowest BCUT2D eigenvalue weighted by Gasteiger charge is -2.58. The lowest BCUT2D eigenvalue weighted by Crippen LogP contribution is -2.49. The van der Waals surface area contributed by atoms with E-state index in [1.165, 1.54) is 5.56 Å². The molecule has 3 saturated carbocycles. The molecule has 126 valence electrons. The quantitative estimate of drug-likeness (QED) is 0.599. The SMILES string of the molecule is C[C@@]12C=Cc3occc3[C@H]1CC[C@@]13CC(CC[C@H]12)C(C=O)(C=O)C3. The van der Waals surface area contributed by atoms with Crippen molar-refractivity contribution in [2.24, 2.45) is 28.1 Å². The predicted molar refractivity (Wildman–Crippen MR) is 90.3 cm³/mol. The van der Waals surface area contributed by atoms with Gasteiger partial charge >= 0.3 is 0 Å². The van der Waals surface area contributed by atoms with Crippen LogP contribution in [0.25, 0.3) is 6.08 Å². The maximum atomic E-state index is 11.8. The molecule has 0 amide bonds. The van der Waals surface area contributed by atoms with E-state index >= 15 is 0 Å². The number of hydrogen-bond acceptors (Lipinski definition) is 3. The molecule has 1 aromatic heterocycles. The average Bonchev–Trinajstić information content (AvgIpc) is 3.15. The third-order valence-corrected chi connectivity index (χ3v) is 8.18. The smallest absolute Gasteiger partial charge is 0.133 e. The van der Waals surface area contributed by atoms with Crippen LogP contribution in [0.2, 0.25) is 0 Å². The van der Waals surface area contributed by atoms with Crippen LogP contribution < -0.4 is 0 Å². The topological polar surface area (TPSA) is 47.3 Å². The second kappa shape index (κ2) is 4.50. The highest BCUT2D eigenvalue weighted by atomic mass is 16.3. The molecule has 0 saturated heterocycles. The molecule has 0 aliphatic heterocycles. The summed E-state index contributed by atoms with van der Waals surface area (Å²) in [4.78, 5) is 23.6. The summed E-state index contributed by atoms with van der Waals surface area (Å²) in [6.07, 6.45) is 14.5. The normalized spacial score (nSPS) is 44.3. The molecule has 4 aliphatic rings. The van der Waals surface area contributed by atoms with Gasteiger partial charge in [0.2, 0.25) is 0 Å². The first-order valence-electron chi connectivity index (χ1n) is 9.26. The Morgan fingerprint density at radius 3 is 2.83 bits per heavy atom. The van der Waals surface area contributed by atoms with Crippen molar-refractivity contribution in [2.75, 3.05) is 0 Å². The molecule has 2 bridgehead atoms. The molecule has 4 aliphatic carbocycles. The number of hydrogen-bond donors (Lipinski definition) is 0. The molecule has 1 spiro atoms. The second-order valence-electron chi connectivity index (χ2n) is 8.95. The van der Waals surface area contributed by atoms with Crippen molar-refractivity contribution >= 4 is 18.6 Å². The Bertz CT molecular complexity index is 736. The van der Waals surface area contributed by atoms with E-state index in [4.69, 9.17) is 4.42 Å². The highest BCUT2D eigenvalue weighted by molar-refractivity contribution is 5.85. The molecule has 0 N–H and O–H groups in total. The van der Waals surface area contributed by atoms with Gasteiger partial charge in [0.25, 0.3) is 0 Å². The first-order valence-corrected chi connectivity index (χ1v) is 9.26. The van der Waals surface area contributed by atoms with Crippen LogP contribution in [0.4, 0.5) is 0 Å². The number of carbonyl (C=O) groups is 2. The standard InChI is InChI=1S/C21H24O3/c1-19-7-5-17-15(6-9-24-17)16(19)4-8-20-10-14(2-3-18(19)20)21(11-20,12-22)13-23/h5-7,9,12-14,16,18H,2-4,8,10-11H2,1H3/t14?,16-,18+,19-,20+/m1/s1. The van der Waals surface area contributed by atoms with Gasteiger partial charge in [-0.25, -0.2) is 0 Å². The predicted octanol–water partition coefficient (Wildman–Crippen LogP) is 4.38. The minimum atomic E-state index is -0.711. The van der Waals surface area contributed by atoms with E-state index in [1.54, 1.807) is 6.26 Å². The van der Waals surface area contributed by atoms with Gasteiger partial charge in [0.05, 0.1) is 11.7 Å². The summed E-state index contributed by atoms with van der Waals surface area (Å²) in [6.45, 7) is 2.40. The number of carbonyl (C=O) groups excluding carboxylic acids is 2. The summed E-state index contributed by atoms with van der Waals surface area (Å²) < 4.78 is 5.63. The number of rotatable bonds is 2. The van der Waals surface area contributed by atoms with E-state index in [9.17, 15) is 9.59 Å². The van der Waals surface area contributed by atoms with Gasteiger partial charge in [-0.3, -0.25) is 0 Å². The Labute approximate surface area is 142 Å². The van der Waals surface area contributed by atoms with Crippen molar-refractivity contribution in [2.45, 2.75) is 51.4 Å². The molecule has 0 aromatic carbocycles. The fourth-order valence-corrected chi connectivity index (χ4v) is 7.17. The van der Waals surface area contributed by atoms with Gasteiger partial charge < -0.3 is 14.0 Å². The summed E-state index contributed by atoms with van der Waals surface area (Å²) in [5.74, 6) is 2.34. The molecular weight excluding hydrogens is 300 g/mol. The maximum absolute atomic E-state index is 11.8. The summed E-state index contributed by atoms with van der Waals surface area (Å²) in [5.41, 5.74) is 0.924. The van der Waals surface area contributed by atoms with Crippen LogP contribution in [0.3, 0.4) is 0 Å². The summed E-state index contributed by atoms with van der Waals surface area (Å²) in [7, 11) is 0. The van der Waals surface area contributed by atoms with Gasteiger partial charge in [-0.15, -0.1) is 0 Å². The van der Waals surface area contributed by atoms with Crippen LogP contribution in [-0.2, 0) is 9.59 Å². The van der Waals surface area contributed by atoms with Crippen molar-refractivity contribution in [3.05, 3.63) is 29.7 Å². The van der Waals surface area contributed by atoms with Crippen molar-refractivity contribution < 1.29 is 14.0 Å². The fourth-order valence-electron chi connectivity index (χ4n) is 7.17. The van der Waals surface area contributed by atoms with Gasteiger partial charge in [0.1, 0.15) is 18.3 Å². The molecular formula is C21H24O3. The first-order chi connectivity index (χ1) is 11.6. The van der Waals surface area contributed by atoms with Crippen LogP contribution >= 0.6 is 0 Å². The third kappa shape index (κ3) is 1.54. The largest absolute Gasteiger partial charge is 0.465 e. The zero-order valence-electron chi connectivity index (χ0n) is 14.2. The van der Waals surface area contributed by atoms with Gasteiger partial charge in [-0.2, -0.15) is 0 Å². The summed E-state index contributed by atoms with van der Waals surface area (Å²) in [5, 5.41) is 0. The molecule has 5 rings (SSSR count). The van der Waals surface area contributed by atoms with Crippen LogP contribution in [-0.4, -0.2) is 12.6 Å². The minimum Gasteiger partial charge on any atom is -0.465 e. The van der Waals surface area contributed by atoms with Crippen LogP contribution in [0.5, 0.6) is 0 Å². The molecule has 5 atom stereocenters. The number of allylic oxidation sites excluding steroid dienone is 1. The Morgan fingerprint density at radius 1 is 1.21 bits per heavy atom. The lowest BCUT2D eigenvalue weighted by molar-refractivity contribution is -0.128. The Morgan fingerprint density at radius 2 is 2.04 bits per heavy atom. The van der Waals surface area contributed by atoms with Gasteiger partial charge in [-0.05, 0) is 79.3 Å². The van der Waals surface area contributed by atoms with E-state index in [1.807, 2.05) is 0 Å². The molecule has 3 fully saturated rings. The first kappa shape index (κ1) is 14.7. The Hall–Kier alpha value is -1.64. The highest BCUT2D eigenvalue weighted by Crippen LogP contribution is 2.72. The minimum absolute atomic E-state index is 0.113. The van der Waals surface area contributed by atoms with E-state index in [2.05, 4.69) is 25.1 Å². The zero-order valence-corrected chi connectivity index (χ0v) is 14.2. The van der Waals surface area contributed by atoms with Gasteiger partial charge in [-0.1, -0.05) is 13.0 Å². The lowest BCUT2D eigenvalue weighted by atomic mass is 9.46. The van der Waals surface area contributed by atoms with Crippen LogP contribution in [0.15, 0.2) is 22.8 Å². The van der Waals surface area contributed by atoms with Crippen LogP contribution in [0, 0.1) is 28.1 Å². The number of furan rings is 1. The van der Waals surface area contributed by atoms with E-state index in [0.29, 0.717) is 11.8 Å². The second-order valence-corrected chi connectivity index (χ2v) is 8.95. The van der Waals surface area contributed by atoms with E-state index in [0.717, 1.165) is 56.9 Å². The van der Waals surface area contributed by atoms with Crippen molar-refractivity contribution in [3.63, 3.8) is 0 Å². The molecule has 3 heteroatoms. The molecule has 24 heavy (non-hydrogen) atoms. The third-order valence-electron chi connectivity index (χ3n) is 8.18. The Kier molecular flexibility index (Phi) is 2.75. The van der Waals surface area contributed by atoms with Crippen LogP contribution in [0.1, 0.15) is 62.7 Å². The zero-order chi connectivity index (χ0) is 16.6. The molecule has 3 nitrogen and oxygen atoms in total. The monoisotopic (exact) mass is 324 g/mol. The van der Waals surface area contributed by atoms with Crippen molar-refractivity contribution in [3.8, 4) is 0 Å². The molecule has 1 unspecified atom stereocenters. The fraction of sp³-hybridized carbons (Fsp3) is 0.619. The van der Waals surface area contributed by atoms with E-state index < -0.39 is 5.41 Å². The number of aldehydes is 2. The van der Waals surface area contributed by atoms with Crippen molar-refractivity contribution in [1.82, 2.24) is 0 Å². The molecule has 1 heterocycles.